The van der Waals surface area contributed by atoms with Gasteiger partial charge < -0.3 is 10.0 Å². The number of nitrogens with zero attached hydrogens (tertiary/aromatic N) is 2. The third-order valence-corrected chi connectivity index (χ3v) is 2.84. The number of aliphatic hydroxyl groups is 1. The second kappa shape index (κ2) is 3.81. The minimum atomic E-state index is -0.291. The molecule has 0 aromatic carbocycles. The summed E-state index contributed by atoms with van der Waals surface area (Å²) in [5.41, 5.74) is 1.19. The first-order chi connectivity index (χ1) is 5.27. The summed E-state index contributed by atoms with van der Waals surface area (Å²) in [5, 5.41) is 12.4. The van der Waals surface area contributed by atoms with E-state index in [2.05, 4.69) is 15.3 Å². The molecule has 1 unspecified atom stereocenters. The number of aliphatic hydroxyl groups excluding tert-OH is 1. The lowest BCUT2D eigenvalue weighted by Gasteiger charge is -2.26. The number of hydrogen-bond acceptors (Lipinski definition) is 4. The molecule has 2 rings (SSSR count). The molecule has 2 aliphatic rings. The molecule has 0 aromatic rings. The SMILES string of the molecule is Br.CC1=CSC2=NCC(O)CN12. The number of hydrogen-bond donors (Lipinski definition) is 1. The minimum absolute atomic E-state index is 0. The van der Waals surface area contributed by atoms with Crippen LogP contribution in [-0.4, -0.2) is 34.4 Å². The van der Waals surface area contributed by atoms with Crippen molar-refractivity contribution in [3.05, 3.63) is 11.1 Å². The Balaban J connectivity index is 0.000000720. The van der Waals surface area contributed by atoms with Crippen molar-refractivity contribution in [2.45, 2.75) is 13.0 Å². The molecule has 0 aliphatic carbocycles. The molecule has 3 nitrogen and oxygen atoms in total. The van der Waals surface area contributed by atoms with E-state index in [9.17, 15) is 5.11 Å². The van der Waals surface area contributed by atoms with Gasteiger partial charge in [0.2, 0.25) is 0 Å². The largest absolute Gasteiger partial charge is 0.389 e. The van der Waals surface area contributed by atoms with Crippen LogP contribution in [0.5, 0.6) is 0 Å². The van der Waals surface area contributed by atoms with E-state index in [1.807, 2.05) is 6.92 Å². The van der Waals surface area contributed by atoms with Gasteiger partial charge in [-0.2, -0.15) is 0 Å². The molecule has 0 amide bonds. The molecule has 5 heteroatoms. The van der Waals surface area contributed by atoms with Gasteiger partial charge in [0, 0.05) is 5.70 Å². The second-order valence-electron chi connectivity index (χ2n) is 2.76. The number of amidine groups is 1. The van der Waals surface area contributed by atoms with Crippen molar-refractivity contribution >= 4 is 33.9 Å². The zero-order chi connectivity index (χ0) is 7.84. The molecule has 2 aliphatic heterocycles. The molecule has 12 heavy (non-hydrogen) atoms. The standard InChI is InChI=1S/C7H10N2OS.BrH/c1-5-4-11-7-8-2-6(10)3-9(5)7;/h4,6,10H,2-3H2,1H3;1H. The second-order valence-corrected chi connectivity index (χ2v) is 3.60. The predicted molar refractivity (Wildman–Crippen MR) is 56.7 cm³/mol. The third kappa shape index (κ3) is 1.67. The van der Waals surface area contributed by atoms with E-state index in [0.29, 0.717) is 13.1 Å². The first kappa shape index (κ1) is 10.1. The van der Waals surface area contributed by atoms with Crippen LogP contribution in [0.3, 0.4) is 0 Å². The van der Waals surface area contributed by atoms with Crippen LogP contribution >= 0.6 is 28.7 Å². The maximum atomic E-state index is 9.29. The van der Waals surface area contributed by atoms with Crippen molar-refractivity contribution in [1.29, 1.82) is 0 Å². The fourth-order valence-electron chi connectivity index (χ4n) is 1.21. The van der Waals surface area contributed by atoms with Gasteiger partial charge in [-0.3, -0.25) is 4.99 Å². The Morgan fingerprint density at radius 2 is 2.50 bits per heavy atom. The van der Waals surface area contributed by atoms with Crippen molar-refractivity contribution in [2.75, 3.05) is 13.1 Å². The molecule has 0 bridgehead atoms. The summed E-state index contributed by atoms with van der Waals surface area (Å²) in [6.45, 7) is 3.29. The number of thioether (sulfide) groups is 1. The highest BCUT2D eigenvalue weighted by atomic mass is 79.9. The molecule has 2 heterocycles. The Bertz CT molecular complexity index is 242. The molecule has 0 saturated carbocycles. The number of aliphatic imine (C=N–C) groups is 1. The van der Waals surface area contributed by atoms with E-state index in [1.54, 1.807) is 11.8 Å². The van der Waals surface area contributed by atoms with Gasteiger partial charge in [0.1, 0.15) is 0 Å². The summed E-state index contributed by atoms with van der Waals surface area (Å²) in [6, 6.07) is 0. The first-order valence-electron chi connectivity index (χ1n) is 3.61. The molecule has 1 N–H and O–H groups in total. The Kier molecular flexibility index (Phi) is 3.20. The molecule has 0 fully saturated rings. The third-order valence-electron chi connectivity index (χ3n) is 1.82. The lowest BCUT2D eigenvalue weighted by atomic mass is 10.3. The van der Waals surface area contributed by atoms with Crippen LogP contribution in [0.25, 0.3) is 0 Å². The van der Waals surface area contributed by atoms with E-state index in [0.717, 1.165) is 5.17 Å². The molecule has 0 spiro atoms. The molecule has 0 saturated heterocycles. The monoisotopic (exact) mass is 250 g/mol. The molecule has 0 aromatic heterocycles. The maximum Gasteiger partial charge on any atom is 0.168 e. The fourth-order valence-corrected chi connectivity index (χ4v) is 2.11. The van der Waals surface area contributed by atoms with Crippen molar-refractivity contribution < 1.29 is 5.11 Å². The molecule has 0 radical (unpaired) electrons. The Hall–Kier alpha value is -0.0000000000000000833. The topological polar surface area (TPSA) is 35.8 Å². The lowest BCUT2D eigenvalue weighted by Crippen LogP contribution is -2.38. The fraction of sp³-hybridized carbons (Fsp3) is 0.571. The molecular weight excluding hydrogens is 240 g/mol. The first-order valence-corrected chi connectivity index (χ1v) is 4.49. The summed E-state index contributed by atoms with van der Waals surface area (Å²) in [5.74, 6) is 0. The summed E-state index contributed by atoms with van der Waals surface area (Å²) in [7, 11) is 0. The van der Waals surface area contributed by atoms with Crippen LogP contribution in [-0.2, 0) is 0 Å². The normalized spacial score (nSPS) is 27.2. The van der Waals surface area contributed by atoms with Gasteiger partial charge in [0.25, 0.3) is 0 Å². The van der Waals surface area contributed by atoms with E-state index < -0.39 is 0 Å². The van der Waals surface area contributed by atoms with Crippen LogP contribution in [0.15, 0.2) is 16.1 Å². The van der Waals surface area contributed by atoms with Crippen molar-refractivity contribution in [1.82, 2.24) is 4.90 Å². The highest BCUT2D eigenvalue weighted by Crippen LogP contribution is 2.27. The Morgan fingerprint density at radius 1 is 1.75 bits per heavy atom. The van der Waals surface area contributed by atoms with Gasteiger partial charge in [-0.05, 0) is 12.3 Å². The summed E-state index contributed by atoms with van der Waals surface area (Å²) < 4.78 is 0. The van der Waals surface area contributed by atoms with Crippen LogP contribution < -0.4 is 0 Å². The minimum Gasteiger partial charge on any atom is -0.389 e. The van der Waals surface area contributed by atoms with Gasteiger partial charge in [0.15, 0.2) is 5.17 Å². The van der Waals surface area contributed by atoms with E-state index in [4.69, 9.17) is 0 Å². The summed E-state index contributed by atoms with van der Waals surface area (Å²) in [6.07, 6.45) is -0.291. The summed E-state index contributed by atoms with van der Waals surface area (Å²) in [4.78, 5) is 6.28. The van der Waals surface area contributed by atoms with Crippen molar-refractivity contribution in [3.8, 4) is 0 Å². The lowest BCUT2D eigenvalue weighted by molar-refractivity contribution is 0.153. The van der Waals surface area contributed by atoms with E-state index >= 15 is 0 Å². The zero-order valence-electron chi connectivity index (χ0n) is 6.73. The van der Waals surface area contributed by atoms with Crippen molar-refractivity contribution in [3.63, 3.8) is 0 Å². The van der Waals surface area contributed by atoms with E-state index in [-0.39, 0.29) is 23.1 Å². The van der Waals surface area contributed by atoms with Gasteiger partial charge in [-0.15, -0.1) is 17.0 Å². The van der Waals surface area contributed by atoms with Crippen molar-refractivity contribution in [2.24, 2.45) is 4.99 Å². The zero-order valence-corrected chi connectivity index (χ0v) is 9.26. The predicted octanol–water partition coefficient (Wildman–Crippen LogP) is 1.20. The average molecular weight is 251 g/mol. The van der Waals surface area contributed by atoms with Crippen LogP contribution in [0.2, 0.25) is 0 Å². The summed E-state index contributed by atoms with van der Waals surface area (Å²) >= 11 is 1.64. The maximum absolute atomic E-state index is 9.29. The number of allylic oxidation sites excluding steroid dienone is 1. The van der Waals surface area contributed by atoms with Crippen LogP contribution in [0, 0.1) is 0 Å². The Morgan fingerprint density at radius 3 is 3.25 bits per heavy atom. The molecule has 1 atom stereocenters. The van der Waals surface area contributed by atoms with E-state index in [1.165, 1.54) is 5.70 Å². The number of rotatable bonds is 0. The Labute approximate surface area is 86.3 Å². The number of fused-ring (bicyclic) bond motifs is 1. The smallest absolute Gasteiger partial charge is 0.168 e. The highest BCUT2D eigenvalue weighted by molar-refractivity contribution is 8.93. The van der Waals surface area contributed by atoms with Gasteiger partial charge in [-0.25, -0.2) is 0 Å². The van der Waals surface area contributed by atoms with Crippen LogP contribution in [0.4, 0.5) is 0 Å². The van der Waals surface area contributed by atoms with Gasteiger partial charge in [-0.1, -0.05) is 11.8 Å². The average Bonchev–Trinajstić information content (AvgIpc) is 2.33. The molecule has 68 valence electrons. The highest BCUT2D eigenvalue weighted by Gasteiger charge is 2.25. The van der Waals surface area contributed by atoms with Crippen LogP contribution in [0.1, 0.15) is 6.92 Å². The van der Waals surface area contributed by atoms with Gasteiger partial charge >= 0.3 is 0 Å². The molecular formula is C7H11BrN2OS. The quantitative estimate of drug-likeness (QED) is 0.702. The number of halogens is 1. The van der Waals surface area contributed by atoms with Gasteiger partial charge in [0.05, 0.1) is 19.2 Å².